The van der Waals surface area contributed by atoms with Crippen molar-refractivity contribution in [1.82, 2.24) is 15.1 Å². The van der Waals surface area contributed by atoms with Crippen LogP contribution in [0.15, 0.2) is 59.4 Å². The minimum atomic E-state index is -0.289. The minimum Gasteiger partial charge on any atom is -0.338 e. The molecule has 21 heavy (non-hydrogen) atoms. The molecule has 0 saturated carbocycles. The standard InChI is InChI=1S/C16H16N4O/c17-14(9-12-5-2-1-3-6-12)16-19-15(20-21-16)10-13-7-4-8-18-11-13/h1-8,11,14H,9-10,17H2/t14-/m1/s1. The number of hydrogen-bond acceptors (Lipinski definition) is 5. The third-order valence-corrected chi connectivity index (χ3v) is 3.18. The van der Waals surface area contributed by atoms with Gasteiger partial charge < -0.3 is 10.3 Å². The lowest BCUT2D eigenvalue weighted by molar-refractivity contribution is 0.350. The van der Waals surface area contributed by atoms with Crippen molar-refractivity contribution in [2.75, 3.05) is 0 Å². The lowest BCUT2D eigenvalue weighted by Gasteiger charge is -2.05. The molecule has 2 heterocycles. The summed E-state index contributed by atoms with van der Waals surface area (Å²) in [6.07, 6.45) is 4.80. The summed E-state index contributed by atoms with van der Waals surface area (Å²) in [7, 11) is 0. The highest BCUT2D eigenvalue weighted by molar-refractivity contribution is 5.17. The van der Waals surface area contributed by atoms with Crippen molar-refractivity contribution in [3.63, 3.8) is 0 Å². The van der Waals surface area contributed by atoms with Gasteiger partial charge >= 0.3 is 0 Å². The van der Waals surface area contributed by atoms with Crippen LogP contribution in [0.4, 0.5) is 0 Å². The number of nitrogens with zero attached hydrogens (tertiary/aromatic N) is 3. The zero-order chi connectivity index (χ0) is 14.5. The summed E-state index contributed by atoms with van der Waals surface area (Å²) in [4.78, 5) is 8.44. The highest BCUT2D eigenvalue weighted by Gasteiger charge is 2.15. The summed E-state index contributed by atoms with van der Waals surface area (Å²) in [6.45, 7) is 0. The lowest BCUT2D eigenvalue weighted by Crippen LogP contribution is -2.13. The Morgan fingerprint density at radius 2 is 1.86 bits per heavy atom. The third kappa shape index (κ3) is 3.52. The molecule has 0 saturated heterocycles. The van der Waals surface area contributed by atoms with E-state index in [1.54, 1.807) is 12.4 Å². The van der Waals surface area contributed by atoms with Crippen LogP contribution in [0.25, 0.3) is 0 Å². The molecule has 3 aromatic rings. The van der Waals surface area contributed by atoms with Gasteiger partial charge in [0, 0.05) is 18.8 Å². The molecule has 5 nitrogen and oxygen atoms in total. The number of pyridine rings is 1. The summed E-state index contributed by atoms with van der Waals surface area (Å²) in [5.41, 5.74) is 8.32. The van der Waals surface area contributed by atoms with Crippen LogP contribution in [0, 0.1) is 0 Å². The Hall–Kier alpha value is -2.53. The van der Waals surface area contributed by atoms with Crippen molar-refractivity contribution in [2.24, 2.45) is 5.73 Å². The smallest absolute Gasteiger partial charge is 0.243 e. The fourth-order valence-corrected chi connectivity index (χ4v) is 2.13. The average Bonchev–Trinajstić information content (AvgIpc) is 2.98. The van der Waals surface area contributed by atoms with Crippen LogP contribution in [0.1, 0.15) is 28.9 Å². The molecule has 1 aromatic carbocycles. The predicted molar refractivity (Wildman–Crippen MR) is 78.4 cm³/mol. The topological polar surface area (TPSA) is 77.8 Å². The minimum absolute atomic E-state index is 0.289. The first-order chi connectivity index (χ1) is 10.3. The molecular formula is C16H16N4O. The van der Waals surface area contributed by atoms with Crippen LogP contribution in [-0.2, 0) is 12.8 Å². The molecule has 0 amide bonds. The Morgan fingerprint density at radius 3 is 2.62 bits per heavy atom. The molecule has 3 rings (SSSR count). The van der Waals surface area contributed by atoms with Crippen molar-refractivity contribution >= 4 is 0 Å². The number of benzene rings is 1. The maximum absolute atomic E-state index is 6.13. The number of hydrogen-bond donors (Lipinski definition) is 1. The van der Waals surface area contributed by atoms with E-state index in [2.05, 4.69) is 15.1 Å². The van der Waals surface area contributed by atoms with E-state index in [0.29, 0.717) is 24.6 Å². The van der Waals surface area contributed by atoms with E-state index in [1.165, 1.54) is 0 Å². The first-order valence-corrected chi connectivity index (χ1v) is 6.82. The summed E-state index contributed by atoms with van der Waals surface area (Å²) in [5, 5.41) is 3.98. The van der Waals surface area contributed by atoms with E-state index >= 15 is 0 Å². The zero-order valence-electron chi connectivity index (χ0n) is 11.5. The normalized spacial score (nSPS) is 12.2. The van der Waals surface area contributed by atoms with Gasteiger partial charge in [-0.1, -0.05) is 41.6 Å². The van der Waals surface area contributed by atoms with Crippen LogP contribution in [-0.4, -0.2) is 15.1 Å². The second kappa shape index (κ2) is 6.28. The summed E-state index contributed by atoms with van der Waals surface area (Å²) in [6, 6.07) is 13.6. The van der Waals surface area contributed by atoms with Gasteiger partial charge in [0.2, 0.25) is 5.89 Å². The molecular weight excluding hydrogens is 264 g/mol. The van der Waals surface area contributed by atoms with Gasteiger partial charge in [-0.2, -0.15) is 4.98 Å². The van der Waals surface area contributed by atoms with Crippen molar-refractivity contribution in [3.05, 3.63) is 77.7 Å². The van der Waals surface area contributed by atoms with Crippen LogP contribution in [0.5, 0.6) is 0 Å². The van der Waals surface area contributed by atoms with Gasteiger partial charge in [0.1, 0.15) is 0 Å². The van der Waals surface area contributed by atoms with E-state index in [0.717, 1.165) is 11.1 Å². The van der Waals surface area contributed by atoms with Gasteiger partial charge in [0.05, 0.1) is 6.04 Å². The Balaban J connectivity index is 1.67. The Morgan fingerprint density at radius 1 is 1.05 bits per heavy atom. The van der Waals surface area contributed by atoms with Gasteiger partial charge in [-0.25, -0.2) is 0 Å². The van der Waals surface area contributed by atoms with E-state index in [4.69, 9.17) is 10.3 Å². The zero-order valence-corrected chi connectivity index (χ0v) is 11.5. The lowest BCUT2D eigenvalue weighted by atomic mass is 10.1. The largest absolute Gasteiger partial charge is 0.338 e. The molecule has 2 aromatic heterocycles. The number of nitrogens with two attached hydrogens (primary N) is 1. The third-order valence-electron chi connectivity index (χ3n) is 3.18. The molecule has 0 radical (unpaired) electrons. The first-order valence-electron chi connectivity index (χ1n) is 6.82. The monoisotopic (exact) mass is 280 g/mol. The number of aromatic nitrogens is 3. The Kier molecular flexibility index (Phi) is 4.02. The Bertz CT molecular complexity index is 682. The van der Waals surface area contributed by atoms with E-state index < -0.39 is 0 Å². The summed E-state index contributed by atoms with van der Waals surface area (Å²) < 4.78 is 5.26. The molecule has 0 aliphatic heterocycles. The van der Waals surface area contributed by atoms with Crippen LogP contribution >= 0.6 is 0 Å². The van der Waals surface area contributed by atoms with Gasteiger partial charge in [-0.3, -0.25) is 4.98 Å². The summed E-state index contributed by atoms with van der Waals surface area (Å²) in [5.74, 6) is 1.10. The molecule has 0 aliphatic carbocycles. The molecule has 0 unspecified atom stereocenters. The fourth-order valence-electron chi connectivity index (χ4n) is 2.13. The first kappa shape index (κ1) is 13.5. The molecule has 0 aliphatic rings. The molecule has 1 atom stereocenters. The molecule has 2 N–H and O–H groups in total. The second-order valence-electron chi connectivity index (χ2n) is 4.88. The number of rotatable bonds is 5. The van der Waals surface area contributed by atoms with Crippen LogP contribution < -0.4 is 5.73 Å². The van der Waals surface area contributed by atoms with Crippen LogP contribution in [0.3, 0.4) is 0 Å². The SMILES string of the molecule is N[C@H](Cc1ccccc1)c1nc(Cc2cccnc2)no1. The van der Waals surface area contributed by atoms with Crippen molar-refractivity contribution in [1.29, 1.82) is 0 Å². The van der Waals surface area contributed by atoms with Gasteiger partial charge in [-0.15, -0.1) is 0 Å². The quantitative estimate of drug-likeness (QED) is 0.776. The van der Waals surface area contributed by atoms with Gasteiger partial charge in [-0.05, 0) is 23.6 Å². The molecule has 5 heteroatoms. The average molecular weight is 280 g/mol. The van der Waals surface area contributed by atoms with E-state index in [9.17, 15) is 0 Å². The highest BCUT2D eigenvalue weighted by Crippen LogP contribution is 2.15. The van der Waals surface area contributed by atoms with Gasteiger partial charge in [0.25, 0.3) is 0 Å². The highest BCUT2D eigenvalue weighted by atomic mass is 16.5. The molecule has 0 spiro atoms. The molecule has 106 valence electrons. The molecule has 0 fully saturated rings. The van der Waals surface area contributed by atoms with Crippen LogP contribution in [0.2, 0.25) is 0 Å². The van der Waals surface area contributed by atoms with Crippen molar-refractivity contribution in [2.45, 2.75) is 18.9 Å². The van der Waals surface area contributed by atoms with E-state index in [1.807, 2.05) is 42.5 Å². The Labute approximate surface area is 122 Å². The second-order valence-corrected chi connectivity index (χ2v) is 4.88. The van der Waals surface area contributed by atoms with Crippen molar-refractivity contribution in [3.8, 4) is 0 Å². The summed E-state index contributed by atoms with van der Waals surface area (Å²) >= 11 is 0. The maximum Gasteiger partial charge on any atom is 0.243 e. The van der Waals surface area contributed by atoms with Crippen molar-refractivity contribution < 1.29 is 4.52 Å². The fraction of sp³-hybridized carbons (Fsp3) is 0.188. The van der Waals surface area contributed by atoms with E-state index in [-0.39, 0.29) is 6.04 Å². The maximum atomic E-state index is 6.13. The molecule has 0 bridgehead atoms. The van der Waals surface area contributed by atoms with Gasteiger partial charge in [0.15, 0.2) is 5.82 Å². The predicted octanol–water partition coefficient (Wildman–Crippen LogP) is 2.30.